The van der Waals surface area contributed by atoms with Gasteiger partial charge in [0.05, 0.1) is 5.69 Å². The van der Waals surface area contributed by atoms with E-state index in [9.17, 15) is 13.2 Å². The van der Waals surface area contributed by atoms with Gasteiger partial charge in [-0.3, -0.25) is 15.2 Å². The molecule has 0 unspecified atom stereocenters. The zero-order valence-corrected chi connectivity index (χ0v) is 10.8. The highest BCUT2D eigenvalue weighted by atomic mass is 32.2. The standard InChI is InChI=1S/C8H9N5O3S2/c1-4-7(18(9,15)16)17-8(11-4)12-6(14)5-2-3-10-13-5/h2-3H,1H3,(H,10,13)(H2,9,15,16)(H,11,12,14). The Bertz CT molecular complexity index is 674. The number of carbonyl (C=O) groups is 1. The topological polar surface area (TPSA) is 131 Å². The van der Waals surface area contributed by atoms with Crippen LogP contribution in [0.4, 0.5) is 5.13 Å². The third kappa shape index (κ3) is 2.55. The Labute approximate surface area is 106 Å². The van der Waals surface area contributed by atoms with Crippen LogP contribution in [0.5, 0.6) is 0 Å². The minimum Gasteiger partial charge on any atom is -0.296 e. The first-order valence-corrected chi connectivity index (χ1v) is 7.05. The van der Waals surface area contributed by atoms with Crippen LogP contribution in [0.2, 0.25) is 0 Å². The number of H-pyrrole nitrogens is 1. The van der Waals surface area contributed by atoms with E-state index in [2.05, 4.69) is 20.5 Å². The second-order valence-corrected chi connectivity index (χ2v) is 6.12. The maximum absolute atomic E-state index is 11.6. The van der Waals surface area contributed by atoms with Crippen molar-refractivity contribution in [2.75, 3.05) is 5.32 Å². The molecule has 2 aromatic rings. The Morgan fingerprint density at radius 2 is 2.28 bits per heavy atom. The van der Waals surface area contributed by atoms with E-state index in [-0.39, 0.29) is 20.7 Å². The Morgan fingerprint density at radius 1 is 1.56 bits per heavy atom. The third-order valence-electron chi connectivity index (χ3n) is 1.98. The monoisotopic (exact) mass is 287 g/mol. The second-order valence-electron chi connectivity index (χ2n) is 3.36. The molecule has 0 saturated heterocycles. The van der Waals surface area contributed by atoms with E-state index in [1.807, 2.05) is 0 Å². The molecular formula is C8H9N5O3S2. The summed E-state index contributed by atoms with van der Waals surface area (Å²) in [6.07, 6.45) is 1.43. The van der Waals surface area contributed by atoms with Crippen LogP contribution in [0.1, 0.15) is 16.2 Å². The number of sulfonamides is 1. The van der Waals surface area contributed by atoms with Crippen molar-refractivity contribution in [3.63, 3.8) is 0 Å². The molecule has 8 nitrogen and oxygen atoms in total. The first kappa shape index (κ1) is 12.7. The number of primary sulfonamides is 1. The quantitative estimate of drug-likeness (QED) is 0.735. The lowest BCUT2D eigenvalue weighted by molar-refractivity contribution is 0.102. The zero-order chi connectivity index (χ0) is 13.3. The normalized spacial score (nSPS) is 11.4. The zero-order valence-electron chi connectivity index (χ0n) is 9.17. The van der Waals surface area contributed by atoms with E-state index in [4.69, 9.17) is 5.14 Å². The van der Waals surface area contributed by atoms with Crippen LogP contribution >= 0.6 is 11.3 Å². The lowest BCUT2D eigenvalue weighted by Crippen LogP contribution is -2.12. The summed E-state index contributed by atoms with van der Waals surface area (Å²) in [6, 6.07) is 1.48. The maximum Gasteiger partial charge on any atom is 0.275 e. The highest BCUT2D eigenvalue weighted by Gasteiger charge is 2.19. The number of aromatic amines is 1. The summed E-state index contributed by atoms with van der Waals surface area (Å²) in [5.41, 5.74) is 0.502. The van der Waals surface area contributed by atoms with Gasteiger partial charge in [0.25, 0.3) is 5.91 Å². The Morgan fingerprint density at radius 3 is 2.78 bits per heavy atom. The molecule has 0 radical (unpaired) electrons. The summed E-state index contributed by atoms with van der Waals surface area (Å²) >= 11 is 0.802. The van der Waals surface area contributed by atoms with Crippen molar-refractivity contribution in [2.24, 2.45) is 5.14 Å². The summed E-state index contributed by atoms with van der Waals surface area (Å²) in [6.45, 7) is 1.50. The van der Waals surface area contributed by atoms with Gasteiger partial charge >= 0.3 is 0 Å². The summed E-state index contributed by atoms with van der Waals surface area (Å²) in [7, 11) is -3.82. The van der Waals surface area contributed by atoms with Gasteiger partial charge in [-0.15, -0.1) is 0 Å². The van der Waals surface area contributed by atoms with Crippen molar-refractivity contribution in [2.45, 2.75) is 11.1 Å². The van der Waals surface area contributed by atoms with Crippen LogP contribution in [-0.4, -0.2) is 29.5 Å². The molecule has 0 atom stereocenters. The Kier molecular flexibility index (Phi) is 3.15. The van der Waals surface area contributed by atoms with Gasteiger partial charge in [-0.2, -0.15) is 5.10 Å². The number of nitrogens with one attached hydrogen (secondary N) is 2. The van der Waals surface area contributed by atoms with Crippen molar-refractivity contribution in [1.82, 2.24) is 15.2 Å². The number of amides is 1. The first-order valence-electron chi connectivity index (χ1n) is 4.69. The molecule has 96 valence electrons. The summed E-state index contributed by atoms with van der Waals surface area (Å²) in [5, 5.41) is 13.7. The van der Waals surface area contributed by atoms with Crippen molar-refractivity contribution in [1.29, 1.82) is 0 Å². The molecule has 2 heterocycles. The van der Waals surface area contributed by atoms with Gasteiger partial charge in [0.15, 0.2) is 9.34 Å². The van der Waals surface area contributed by atoms with Crippen LogP contribution in [0.15, 0.2) is 16.5 Å². The van der Waals surface area contributed by atoms with Crippen molar-refractivity contribution < 1.29 is 13.2 Å². The van der Waals surface area contributed by atoms with Crippen molar-refractivity contribution >= 4 is 32.4 Å². The number of anilines is 1. The molecule has 0 aromatic carbocycles. The van der Waals surface area contributed by atoms with E-state index in [0.29, 0.717) is 0 Å². The molecule has 4 N–H and O–H groups in total. The predicted molar refractivity (Wildman–Crippen MR) is 64.8 cm³/mol. The van der Waals surface area contributed by atoms with Crippen LogP contribution < -0.4 is 10.5 Å². The number of nitrogens with zero attached hydrogens (tertiary/aromatic N) is 2. The van der Waals surface area contributed by atoms with Crippen LogP contribution in [0, 0.1) is 6.92 Å². The third-order valence-corrected chi connectivity index (χ3v) is 4.60. The molecule has 0 aliphatic carbocycles. The molecule has 0 fully saturated rings. The predicted octanol–water partition coefficient (Wildman–Crippen LogP) is 0.0743. The number of rotatable bonds is 3. The SMILES string of the molecule is Cc1nc(NC(=O)c2ccn[nH]2)sc1S(N)(=O)=O. The largest absolute Gasteiger partial charge is 0.296 e. The molecular weight excluding hydrogens is 278 g/mol. The average molecular weight is 287 g/mol. The number of hydrogen-bond acceptors (Lipinski definition) is 6. The van der Waals surface area contributed by atoms with Crippen molar-refractivity contribution in [3.05, 3.63) is 23.7 Å². The lowest BCUT2D eigenvalue weighted by atomic mass is 10.4. The van der Waals surface area contributed by atoms with Crippen LogP contribution in [-0.2, 0) is 10.0 Å². The fraction of sp³-hybridized carbons (Fsp3) is 0.125. The highest BCUT2D eigenvalue weighted by molar-refractivity contribution is 7.91. The van der Waals surface area contributed by atoms with Crippen LogP contribution in [0.3, 0.4) is 0 Å². The molecule has 2 aromatic heterocycles. The number of hydrogen-bond donors (Lipinski definition) is 3. The molecule has 1 amide bonds. The molecule has 0 bridgehead atoms. The molecule has 0 spiro atoms. The summed E-state index contributed by atoms with van der Waals surface area (Å²) in [5.74, 6) is -0.456. The van der Waals surface area contributed by atoms with Crippen molar-refractivity contribution in [3.8, 4) is 0 Å². The molecule has 0 aliphatic heterocycles. The van der Waals surface area contributed by atoms with E-state index in [1.54, 1.807) is 0 Å². The maximum atomic E-state index is 11.6. The second kappa shape index (κ2) is 4.48. The smallest absolute Gasteiger partial charge is 0.275 e. The fourth-order valence-corrected chi connectivity index (χ4v) is 3.10. The van der Waals surface area contributed by atoms with Gasteiger partial charge < -0.3 is 0 Å². The van der Waals surface area contributed by atoms with Gasteiger partial charge in [0.1, 0.15) is 5.69 Å². The first-order chi connectivity index (χ1) is 8.38. The van der Waals surface area contributed by atoms with Gasteiger partial charge in [-0.1, -0.05) is 11.3 Å². The van der Waals surface area contributed by atoms with Crippen LogP contribution in [0.25, 0.3) is 0 Å². The molecule has 0 aliphatic rings. The number of aromatic nitrogens is 3. The minimum absolute atomic E-state index is 0.0672. The van der Waals surface area contributed by atoms with Gasteiger partial charge in [0, 0.05) is 6.20 Å². The number of nitrogens with two attached hydrogens (primary N) is 1. The Balaban J connectivity index is 2.24. The number of thiazole rings is 1. The van der Waals surface area contributed by atoms with Gasteiger partial charge in [-0.05, 0) is 13.0 Å². The van der Waals surface area contributed by atoms with E-state index in [1.165, 1.54) is 19.2 Å². The summed E-state index contributed by atoms with van der Waals surface area (Å²) in [4.78, 5) is 15.6. The minimum atomic E-state index is -3.82. The summed E-state index contributed by atoms with van der Waals surface area (Å²) < 4.78 is 22.3. The molecule has 2 rings (SSSR count). The molecule has 18 heavy (non-hydrogen) atoms. The van der Waals surface area contributed by atoms with E-state index >= 15 is 0 Å². The fourth-order valence-electron chi connectivity index (χ4n) is 1.25. The molecule has 0 saturated carbocycles. The average Bonchev–Trinajstić information content (AvgIpc) is 2.85. The van der Waals surface area contributed by atoms with E-state index in [0.717, 1.165) is 11.3 Å². The lowest BCUT2D eigenvalue weighted by Gasteiger charge is -1.97. The number of carbonyl (C=O) groups excluding carboxylic acids is 1. The van der Waals surface area contributed by atoms with E-state index < -0.39 is 15.9 Å². The molecule has 10 heteroatoms. The van der Waals surface area contributed by atoms with Gasteiger partial charge in [-0.25, -0.2) is 18.5 Å². The number of aryl methyl sites for hydroxylation is 1. The highest BCUT2D eigenvalue weighted by Crippen LogP contribution is 2.26. The Hall–Kier alpha value is -1.78. The van der Waals surface area contributed by atoms with Gasteiger partial charge in [0.2, 0.25) is 10.0 Å².